The number of hydrogen-bond donors (Lipinski definition) is 3. The second-order valence-corrected chi connectivity index (χ2v) is 9.27. The summed E-state index contributed by atoms with van der Waals surface area (Å²) in [5.74, 6) is -0.0719. The van der Waals surface area contributed by atoms with Crippen LogP contribution >= 0.6 is 0 Å². The van der Waals surface area contributed by atoms with Gasteiger partial charge in [0.15, 0.2) is 4.91 Å². The minimum Gasteiger partial charge on any atom is -0.477 e. The van der Waals surface area contributed by atoms with Gasteiger partial charge in [-0.2, -0.15) is 0 Å². The van der Waals surface area contributed by atoms with Crippen molar-refractivity contribution in [1.29, 1.82) is 0 Å². The third-order valence-corrected chi connectivity index (χ3v) is 6.48. The molecule has 0 saturated carbocycles. The van der Waals surface area contributed by atoms with Gasteiger partial charge < -0.3 is 15.8 Å². The van der Waals surface area contributed by atoms with Crippen LogP contribution in [0.5, 0.6) is 0 Å². The Morgan fingerprint density at radius 1 is 1.36 bits per heavy atom. The van der Waals surface area contributed by atoms with Crippen molar-refractivity contribution in [3.05, 3.63) is 46.5 Å². The Morgan fingerprint density at radius 2 is 2.11 bits per heavy atom. The largest absolute Gasteiger partial charge is 0.477 e. The number of nitrogens with one attached hydrogen (secondary N) is 2. The molecule has 1 aliphatic carbocycles. The van der Waals surface area contributed by atoms with Crippen LogP contribution in [-0.4, -0.2) is 33.5 Å². The molecule has 4 N–H and O–H groups in total. The summed E-state index contributed by atoms with van der Waals surface area (Å²) in [5.41, 5.74) is 7.41. The van der Waals surface area contributed by atoms with Crippen LogP contribution in [0.15, 0.2) is 40.4 Å². The van der Waals surface area contributed by atoms with Crippen molar-refractivity contribution >= 4 is 22.0 Å². The third kappa shape index (κ3) is 4.14. The lowest BCUT2D eigenvalue weighted by Gasteiger charge is -2.40. The predicted octanol–water partition coefficient (Wildman–Crippen LogP) is 1.95. The van der Waals surface area contributed by atoms with Gasteiger partial charge in [-0.1, -0.05) is 38.1 Å². The molecule has 3 rings (SSSR count). The fourth-order valence-electron chi connectivity index (χ4n) is 3.56. The average Bonchev–Trinajstić information content (AvgIpc) is 2.65. The number of urea groups is 1. The monoisotopic (exact) mass is 406 g/mol. The van der Waals surface area contributed by atoms with E-state index in [1.165, 1.54) is 0 Å². The van der Waals surface area contributed by atoms with Gasteiger partial charge in [-0.05, 0) is 29.4 Å². The maximum Gasteiger partial charge on any atom is 0.329 e. The number of rotatable bonds is 4. The Balaban J connectivity index is 1.78. The van der Waals surface area contributed by atoms with E-state index >= 15 is 0 Å². The molecular formula is C19H26N4O4S. The highest BCUT2D eigenvalue weighted by molar-refractivity contribution is 7.94. The second-order valence-electron chi connectivity index (χ2n) is 7.62. The molecule has 1 aromatic carbocycles. The Bertz CT molecular complexity index is 922. The number of amides is 2. The first-order valence-corrected chi connectivity index (χ1v) is 10.7. The summed E-state index contributed by atoms with van der Waals surface area (Å²) >= 11 is 0. The number of hydrogen-bond acceptors (Lipinski definition) is 6. The summed E-state index contributed by atoms with van der Waals surface area (Å²) in [4.78, 5) is 16.3. The number of benzene rings is 1. The molecule has 152 valence electrons. The lowest BCUT2D eigenvalue weighted by Crippen LogP contribution is -2.47. The van der Waals surface area contributed by atoms with E-state index in [0.717, 1.165) is 30.2 Å². The summed E-state index contributed by atoms with van der Waals surface area (Å²) in [7, 11) is -4.22. The Labute approximate surface area is 165 Å². The Hall–Kier alpha value is -2.55. The van der Waals surface area contributed by atoms with Crippen LogP contribution < -0.4 is 15.8 Å². The molecule has 2 amide bonds. The van der Waals surface area contributed by atoms with Gasteiger partial charge in [0, 0.05) is 19.2 Å². The second kappa shape index (κ2) is 7.83. The molecule has 0 aromatic heterocycles. The van der Waals surface area contributed by atoms with Gasteiger partial charge in [0.2, 0.25) is 5.90 Å². The summed E-state index contributed by atoms with van der Waals surface area (Å²) in [5, 5.41) is 2.83. The normalized spacial score (nSPS) is 21.7. The number of aliphatic imine (C=N–C) groups is 1. The van der Waals surface area contributed by atoms with E-state index in [9.17, 15) is 13.2 Å². The van der Waals surface area contributed by atoms with Gasteiger partial charge in [-0.25, -0.2) is 17.9 Å². The fourth-order valence-corrected chi connectivity index (χ4v) is 4.51. The van der Waals surface area contributed by atoms with Crippen molar-refractivity contribution in [2.45, 2.75) is 39.2 Å². The van der Waals surface area contributed by atoms with Crippen molar-refractivity contribution in [3.8, 4) is 0 Å². The van der Waals surface area contributed by atoms with E-state index < -0.39 is 16.1 Å². The standard InChI is InChI=1S/C19H26N4O4S/c1-19(2)9-8-13-6-3-4-7-14(13)16(19)22-18(24)23-28(25,26)15(12-20)17-21-10-5-11-27-17/h3-4,6-7,12,16H,5,8-11,20H2,1-2H3,(H2,22,23,24). The smallest absolute Gasteiger partial charge is 0.329 e. The molecule has 0 saturated heterocycles. The van der Waals surface area contributed by atoms with Gasteiger partial charge >= 0.3 is 6.03 Å². The molecule has 0 radical (unpaired) electrons. The van der Waals surface area contributed by atoms with Crippen molar-refractivity contribution < 1.29 is 17.9 Å². The minimum atomic E-state index is -4.22. The number of carbonyl (C=O) groups excluding carboxylic acids is 1. The third-order valence-electron chi connectivity index (χ3n) is 5.14. The van der Waals surface area contributed by atoms with E-state index in [1.807, 2.05) is 29.0 Å². The summed E-state index contributed by atoms with van der Waals surface area (Å²) in [6.45, 7) is 4.91. The van der Waals surface area contributed by atoms with Gasteiger partial charge in [0.25, 0.3) is 10.0 Å². The zero-order valence-corrected chi connectivity index (χ0v) is 16.9. The molecule has 1 aliphatic heterocycles. The fraction of sp³-hybridized carbons (Fsp3) is 0.474. The highest BCUT2D eigenvalue weighted by Crippen LogP contribution is 2.43. The van der Waals surface area contributed by atoms with Gasteiger partial charge in [-0.15, -0.1) is 0 Å². The number of fused-ring (bicyclic) bond motifs is 1. The van der Waals surface area contributed by atoms with Crippen molar-refractivity contribution in [3.63, 3.8) is 0 Å². The van der Waals surface area contributed by atoms with Crippen LogP contribution in [0.2, 0.25) is 0 Å². The molecule has 1 aromatic rings. The quantitative estimate of drug-likeness (QED) is 0.705. The van der Waals surface area contributed by atoms with Gasteiger partial charge in [-0.3, -0.25) is 4.99 Å². The van der Waals surface area contributed by atoms with E-state index in [1.54, 1.807) is 0 Å². The first-order valence-electron chi connectivity index (χ1n) is 9.25. The summed E-state index contributed by atoms with van der Waals surface area (Å²) in [6, 6.07) is 6.74. The molecule has 0 spiro atoms. The number of nitrogens with two attached hydrogens (primary N) is 1. The number of nitrogens with zero attached hydrogens (tertiary/aromatic N) is 1. The summed E-state index contributed by atoms with van der Waals surface area (Å²) < 4.78 is 32.6. The van der Waals surface area contributed by atoms with Crippen LogP contribution in [0.4, 0.5) is 4.79 Å². The van der Waals surface area contributed by atoms with E-state index in [-0.39, 0.29) is 22.3 Å². The SMILES string of the molecule is CC1(C)CCc2ccccc2C1NC(=O)NS(=O)(=O)C(=CN)C1=NCCCO1. The van der Waals surface area contributed by atoms with E-state index in [0.29, 0.717) is 19.6 Å². The van der Waals surface area contributed by atoms with Crippen LogP contribution in [0.3, 0.4) is 0 Å². The Morgan fingerprint density at radius 3 is 2.79 bits per heavy atom. The average molecular weight is 407 g/mol. The van der Waals surface area contributed by atoms with E-state index in [2.05, 4.69) is 24.2 Å². The Kier molecular flexibility index (Phi) is 5.64. The molecule has 1 heterocycles. The maximum absolute atomic E-state index is 12.6. The van der Waals surface area contributed by atoms with Gasteiger partial charge in [0.05, 0.1) is 12.6 Å². The maximum atomic E-state index is 12.6. The molecule has 2 aliphatic rings. The molecule has 0 bridgehead atoms. The molecular weight excluding hydrogens is 380 g/mol. The molecule has 8 nitrogen and oxygen atoms in total. The van der Waals surface area contributed by atoms with Crippen molar-refractivity contribution in [2.24, 2.45) is 16.1 Å². The van der Waals surface area contributed by atoms with E-state index in [4.69, 9.17) is 10.5 Å². The first kappa shape index (κ1) is 20.2. The van der Waals surface area contributed by atoms with Crippen LogP contribution in [-0.2, 0) is 21.2 Å². The molecule has 1 unspecified atom stereocenters. The zero-order chi connectivity index (χ0) is 20.4. The number of carbonyl (C=O) groups is 1. The number of aryl methyl sites for hydroxylation is 1. The zero-order valence-electron chi connectivity index (χ0n) is 16.1. The lowest BCUT2D eigenvalue weighted by molar-refractivity contribution is 0.198. The van der Waals surface area contributed by atoms with Crippen LogP contribution in [0.1, 0.15) is 43.9 Å². The number of sulfonamides is 1. The molecule has 9 heteroatoms. The highest BCUT2D eigenvalue weighted by Gasteiger charge is 2.37. The minimum absolute atomic E-state index is 0.0719. The topological polar surface area (TPSA) is 123 Å². The molecule has 0 fully saturated rings. The lowest BCUT2D eigenvalue weighted by atomic mass is 9.70. The summed E-state index contributed by atoms with van der Waals surface area (Å²) in [6.07, 6.45) is 3.38. The predicted molar refractivity (Wildman–Crippen MR) is 107 cm³/mol. The van der Waals surface area contributed by atoms with Crippen molar-refractivity contribution in [2.75, 3.05) is 13.2 Å². The van der Waals surface area contributed by atoms with Crippen LogP contribution in [0.25, 0.3) is 0 Å². The number of ether oxygens (including phenoxy) is 1. The van der Waals surface area contributed by atoms with Crippen molar-refractivity contribution in [1.82, 2.24) is 10.0 Å². The molecule has 1 atom stereocenters. The van der Waals surface area contributed by atoms with Crippen LogP contribution in [0, 0.1) is 5.41 Å². The highest BCUT2D eigenvalue weighted by atomic mass is 32.2. The molecule has 28 heavy (non-hydrogen) atoms. The first-order chi connectivity index (χ1) is 13.2. The van der Waals surface area contributed by atoms with Gasteiger partial charge in [0.1, 0.15) is 0 Å².